The van der Waals surface area contributed by atoms with Crippen molar-refractivity contribution in [1.82, 2.24) is 19.7 Å². The molecule has 29 heavy (non-hydrogen) atoms. The number of nitrogens with one attached hydrogen (secondary N) is 1. The number of piperidine rings is 1. The lowest BCUT2D eigenvalue weighted by Crippen LogP contribution is -2.49. The zero-order chi connectivity index (χ0) is 20.1. The van der Waals surface area contributed by atoms with Crippen LogP contribution in [0.2, 0.25) is 0 Å². The second-order valence-corrected chi connectivity index (χ2v) is 7.85. The number of aryl methyl sites for hydroxylation is 1. The van der Waals surface area contributed by atoms with Crippen LogP contribution in [0.1, 0.15) is 19.3 Å². The van der Waals surface area contributed by atoms with Gasteiger partial charge >= 0.3 is 6.03 Å². The quantitative estimate of drug-likeness (QED) is 0.786. The molecule has 0 bridgehead atoms. The van der Waals surface area contributed by atoms with Crippen LogP contribution in [0, 0.1) is 5.92 Å². The molecule has 0 radical (unpaired) electrons. The molecule has 0 atom stereocenters. The lowest BCUT2D eigenvalue weighted by Gasteiger charge is -2.35. The third-order valence-electron chi connectivity index (χ3n) is 5.99. The van der Waals surface area contributed by atoms with E-state index in [1.807, 2.05) is 21.9 Å². The van der Waals surface area contributed by atoms with Crippen molar-refractivity contribution in [2.75, 3.05) is 45.9 Å². The molecule has 0 aliphatic carbocycles. The second kappa shape index (κ2) is 9.31. The first-order chi connectivity index (χ1) is 14.2. The zero-order valence-electron chi connectivity index (χ0n) is 16.9. The molecule has 3 heterocycles. The molecule has 7 heteroatoms. The molecule has 3 amide bonds. The topological polar surface area (TPSA) is 66.8 Å². The number of ether oxygens (including phenoxy) is 1. The Morgan fingerprint density at radius 2 is 1.76 bits per heavy atom. The van der Waals surface area contributed by atoms with Crippen LogP contribution < -0.4 is 5.32 Å². The highest BCUT2D eigenvalue weighted by Crippen LogP contribution is 2.20. The Kier molecular flexibility index (Phi) is 6.34. The Morgan fingerprint density at radius 3 is 2.55 bits per heavy atom. The maximum atomic E-state index is 12.6. The second-order valence-electron chi connectivity index (χ2n) is 7.85. The van der Waals surface area contributed by atoms with Gasteiger partial charge in [0.2, 0.25) is 5.91 Å². The summed E-state index contributed by atoms with van der Waals surface area (Å²) in [6.45, 7) is 5.47. The average Bonchev–Trinajstić information content (AvgIpc) is 3.20. The summed E-state index contributed by atoms with van der Waals surface area (Å²) in [7, 11) is 0. The van der Waals surface area contributed by atoms with Crippen molar-refractivity contribution in [3.63, 3.8) is 0 Å². The highest BCUT2D eigenvalue weighted by atomic mass is 16.5. The monoisotopic (exact) mass is 398 g/mol. The maximum absolute atomic E-state index is 12.6. The summed E-state index contributed by atoms with van der Waals surface area (Å²) in [5.74, 6) is 0.270. The van der Waals surface area contributed by atoms with Crippen molar-refractivity contribution in [2.24, 2.45) is 5.92 Å². The molecule has 7 nitrogen and oxygen atoms in total. The van der Waals surface area contributed by atoms with E-state index in [4.69, 9.17) is 4.74 Å². The fourth-order valence-electron chi connectivity index (χ4n) is 4.26. The van der Waals surface area contributed by atoms with Gasteiger partial charge in [-0.1, -0.05) is 18.2 Å². The molecule has 2 saturated heterocycles. The van der Waals surface area contributed by atoms with Gasteiger partial charge in [-0.2, -0.15) is 0 Å². The number of nitrogens with zero attached hydrogens (tertiary/aromatic N) is 3. The van der Waals surface area contributed by atoms with E-state index < -0.39 is 0 Å². The Hall–Kier alpha value is -2.54. The van der Waals surface area contributed by atoms with Crippen LogP contribution in [0.15, 0.2) is 36.5 Å². The lowest BCUT2D eigenvalue weighted by molar-refractivity contribution is -0.141. The van der Waals surface area contributed by atoms with E-state index in [9.17, 15) is 9.59 Å². The predicted octanol–water partition coefficient (Wildman–Crippen LogP) is 2.31. The van der Waals surface area contributed by atoms with E-state index in [-0.39, 0.29) is 17.9 Å². The molecular weight excluding hydrogens is 368 g/mol. The zero-order valence-corrected chi connectivity index (χ0v) is 16.9. The van der Waals surface area contributed by atoms with Crippen LogP contribution in [0.4, 0.5) is 4.79 Å². The first-order valence-corrected chi connectivity index (χ1v) is 10.7. The van der Waals surface area contributed by atoms with E-state index in [0.29, 0.717) is 45.9 Å². The highest BCUT2D eigenvalue weighted by molar-refractivity contribution is 5.80. The van der Waals surface area contributed by atoms with Crippen molar-refractivity contribution >= 4 is 22.8 Å². The number of carbonyl (C=O) groups excluding carboxylic acids is 2. The van der Waals surface area contributed by atoms with E-state index >= 15 is 0 Å². The molecule has 4 rings (SSSR count). The van der Waals surface area contributed by atoms with E-state index in [1.165, 1.54) is 10.9 Å². The van der Waals surface area contributed by atoms with Crippen LogP contribution in [0.25, 0.3) is 10.9 Å². The molecule has 2 aromatic rings. The minimum absolute atomic E-state index is 0.0142. The van der Waals surface area contributed by atoms with Gasteiger partial charge < -0.3 is 24.4 Å². The number of morpholine rings is 1. The predicted molar refractivity (Wildman–Crippen MR) is 112 cm³/mol. The number of para-hydroxylation sites is 1. The molecular formula is C22H30N4O3. The summed E-state index contributed by atoms with van der Waals surface area (Å²) in [6, 6.07) is 10.4. The Labute approximate surface area is 171 Å². The van der Waals surface area contributed by atoms with E-state index in [1.54, 1.807) is 0 Å². The van der Waals surface area contributed by atoms with Gasteiger partial charge in [0.15, 0.2) is 0 Å². The van der Waals surface area contributed by atoms with Crippen molar-refractivity contribution in [3.8, 4) is 0 Å². The molecule has 2 fully saturated rings. The maximum Gasteiger partial charge on any atom is 0.317 e. The molecule has 156 valence electrons. The van der Waals surface area contributed by atoms with Crippen molar-refractivity contribution in [3.05, 3.63) is 36.5 Å². The van der Waals surface area contributed by atoms with E-state index in [0.717, 1.165) is 25.8 Å². The summed E-state index contributed by atoms with van der Waals surface area (Å²) in [5.41, 5.74) is 1.23. The van der Waals surface area contributed by atoms with Crippen LogP contribution >= 0.6 is 0 Å². The standard InChI is InChI=1S/C22H30N4O3/c27-21(25-14-16-29-17-15-25)19-7-12-26(13-8-19)22(28)23-9-3-10-24-11-6-18-4-1-2-5-20(18)24/h1-2,4-6,11,19H,3,7-10,12-17H2,(H,23,28). The van der Waals surface area contributed by atoms with Gasteiger partial charge in [-0.3, -0.25) is 4.79 Å². The summed E-state index contributed by atoms with van der Waals surface area (Å²) in [4.78, 5) is 28.8. The van der Waals surface area contributed by atoms with Gasteiger partial charge in [0.1, 0.15) is 0 Å². The summed E-state index contributed by atoms with van der Waals surface area (Å²) in [5, 5.41) is 4.27. The SMILES string of the molecule is O=C(NCCCn1ccc2ccccc21)N1CCC(C(=O)N2CCOCC2)CC1. The summed E-state index contributed by atoms with van der Waals surface area (Å²) in [6.07, 6.45) is 4.48. The minimum Gasteiger partial charge on any atom is -0.378 e. The Bertz CT molecular complexity index is 835. The molecule has 1 aromatic carbocycles. The number of aromatic nitrogens is 1. The van der Waals surface area contributed by atoms with Gasteiger partial charge in [0, 0.05) is 56.9 Å². The molecule has 1 N–H and O–H groups in total. The smallest absolute Gasteiger partial charge is 0.317 e. The van der Waals surface area contributed by atoms with Crippen LogP contribution in [-0.4, -0.2) is 72.2 Å². The number of benzene rings is 1. The molecule has 1 aromatic heterocycles. The highest BCUT2D eigenvalue weighted by Gasteiger charge is 2.30. The van der Waals surface area contributed by atoms with Crippen molar-refractivity contribution < 1.29 is 14.3 Å². The van der Waals surface area contributed by atoms with Gasteiger partial charge in [0.25, 0.3) is 0 Å². The number of carbonyl (C=O) groups is 2. The van der Waals surface area contributed by atoms with Crippen molar-refractivity contribution in [2.45, 2.75) is 25.8 Å². The molecule has 0 saturated carbocycles. The number of hydrogen-bond acceptors (Lipinski definition) is 3. The van der Waals surface area contributed by atoms with Crippen LogP contribution in [0.5, 0.6) is 0 Å². The van der Waals surface area contributed by atoms with Crippen LogP contribution in [0.3, 0.4) is 0 Å². The number of urea groups is 1. The van der Waals surface area contributed by atoms with Gasteiger partial charge in [-0.05, 0) is 36.8 Å². The van der Waals surface area contributed by atoms with Gasteiger partial charge in [0.05, 0.1) is 13.2 Å². The summed E-state index contributed by atoms with van der Waals surface area (Å²) >= 11 is 0. The molecule has 0 unspecified atom stereocenters. The van der Waals surface area contributed by atoms with E-state index in [2.05, 4.69) is 34.3 Å². The Morgan fingerprint density at radius 1 is 1.00 bits per heavy atom. The first kappa shape index (κ1) is 19.8. The number of hydrogen-bond donors (Lipinski definition) is 1. The fraction of sp³-hybridized carbons (Fsp3) is 0.545. The van der Waals surface area contributed by atoms with Gasteiger partial charge in [-0.25, -0.2) is 4.79 Å². The minimum atomic E-state index is -0.0142. The molecule has 2 aliphatic rings. The number of fused-ring (bicyclic) bond motifs is 1. The largest absolute Gasteiger partial charge is 0.378 e. The number of rotatable bonds is 5. The molecule has 0 spiro atoms. The fourth-order valence-corrected chi connectivity index (χ4v) is 4.26. The van der Waals surface area contributed by atoms with Crippen molar-refractivity contribution in [1.29, 1.82) is 0 Å². The third kappa shape index (κ3) is 4.72. The van der Waals surface area contributed by atoms with Crippen LogP contribution in [-0.2, 0) is 16.1 Å². The summed E-state index contributed by atoms with van der Waals surface area (Å²) < 4.78 is 7.55. The normalized spacial score (nSPS) is 18.2. The first-order valence-electron chi connectivity index (χ1n) is 10.7. The Balaban J connectivity index is 1.17. The number of amides is 3. The van der Waals surface area contributed by atoms with Gasteiger partial charge in [-0.15, -0.1) is 0 Å². The number of likely N-dealkylation sites (tertiary alicyclic amines) is 1. The third-order valence-corrected chi connectivity index (χ3v) is 5.99. The molecule has 2 aliphatic heterocycles. The lowest BCUT2D eigenvalue weighted by atomic mass is 9.95. The average molecular weight is 399 g/mol.